The van der Waals surface area contributed by atoms with Gasteiger partial charge in [-0.1, -0.05) is 19.9 Å². The van der Waals surface area contributed by atoms with Gasteiger partial charge in [-0.3, -0.25) is 0 Å². The van der Waals surface area contributed by atoms with Crippen molar-refractivity contribution in [3.05, 3.63) is 29.6 Å². The van der Waals surface area contributed by atoms with Gasteiger partial charge < -0.3 is 15.2 Å². The van der Waals surface area contributed by atoms with E-state index in [-0.39, 0.29) is 11.9 Å². The van der Waals surface area contributed by atoms with E-state index >= 15 is 0 Å². The summed E-state index contributed by atoms with van der Waals surface area (Å²) in [4.78, 5) is 0. The Morgan fingerprint density at radius 3 is 2.56 bits per heavy atom. The molecule has 0 aromatic heterocycles. The lowest BCUT2D eigenvalue weighted by molar-refractivity contribution is 0.0814. The molecule has 0 aliphatic heterocycles. The highest BCUT2D eigenvalue weighted by molar-refractivity contribution is 5.36. The highest BCUT2D eigenvalue weighted by Gasteiger charge is 2.09. The second-order valence-electron chi connectivity index (χ2n) is 4.79. The molecule has 3 nitrogen and oxygen atoms in total. The predicted octanol–water partition coefficient (Wildman–Crippen LogP) is 2.90. The third-order valence-electron chi connectivity index (χ3n) is 2.40. The summed E-state index contributed by atoms with van der Waals surface area (Å²) >= 11 is 0. The van der Waals surface area contributed by atoms with E-state index in [4.69, 9.17) is 15.2 Å². The van der Waals surface area contributed by atoms with Crippen LogP contribution in [-0.2, 0) is 4.74 Å². The van der Waals surface area contributed by atoms with E-state index in [1.54, 1.807) is 6.07 Å². The molecular weight excluding hydrogens is 233 g/mol. The van der Waals surface area contributed by atoms with Crippen LogP contribution in [0.25, 0.3) is 0 Å². The average molecular weight is 255 g/mol. The second-order valence-corrected chi connectivity index (χ2v) is 4.79. The molecule has 0 heterocycles. The van der Waals surface area contributed by atoms with Crippen molar-refractivity contribution in [2.75, 3.05) is 19.8 Å². The zero-order chi connectivity index (χ0) is 13.5. The Kier molecular flexibility index (Phi) is 6.09. The van der Waals surface area contributed by atoms with Crippen LogP contribution in [0.3, 0.4) is 0 Å². The molecule has 0 unspecified atom stereocenters. The monoisotopic (exact) mass is 255 g/mol. The van der Waals surface area contributed by atoms with Crippen molar-refractivity contribution in [3.8, 4) is 5.75 Å². The molecular formula is C14H22FNO2. The lowest BCUT2D eigenvalue weighted by Gasteiger charge is -2.14. The number of halogens is 1. The fourth-order valence-electron chi connectivity index (χ4n) is 1.54. The summed E-state index contributed by atoms with van der Waals surface area (Å²) in [5.41, 5.74) is 6.61. The maximum absolute atomic E-state index is 13.1. The van der Waals surface area contributed by atoms with Gasteiger partial charge in [0.15, 0.2) is 0 Å². The third kappa shape index (κ3) is 5.02. The van der Waals surface area contributed by atoms with E-state index < -0.39 is 0 Å². The zero-order valence-corrected chi connectivity index (χ0v) is 11.3. The van der Waals surface area contributed by atoms with Gasteiger partial charge in [0.1, 0.15) is 18.2 Å². The normalized spacial score (nSPS) is 12.8. The number of benzene rings is 1. The number of rotatable bonds is 7. The maximum atomic E-state index is 13.1. The summed E-state index contributed by atoms with van der Waals surface area (Å²) in [6, 6.07) is 4.23. The van der Waals surface area contributed by atoms with Gasteiger partial charge in [0, 0.05) is 24.3 Å². The number of ether oxygens (including phenoxy) is 2. The molecule has 0 saturated carbocycles. The molecule has 0 spiro atoms. The molecule has 4 heteroatoms. The van der Waals surface area contributed by atoms with Crippen LogP contribution in [0.5, 0.6) is 5.75 Å². The van der Waals surface area contributed by atoms with Gasteiger partial charge in [-0.15, -0.1) is 0 Å². The molecule has 18 heavy (non-hydrogen) atoms. The van der Waals surface area contributed by atoms with Gasteiger partial charge in [0.2, 0.25) is 0 Å². The van der Waals surface area contributed by atoms with Gasteiger partial charge in [0.05, 0.1) is 6.61 Å². The summed E-state index contributed by atoms with van der Waals surface area (Å²) < 4.78 is 24.1. The van der Waals surface area contributed by atoms with Crippen molar-refractivity contribution in [1.29, 1.82) is 0 Å². The first-order chi connectivity index (χ1) is 8.50. The Morgan fingerprint density at radius 2 is 1.94 bits per heavy atom. The number of hydrogen-bond donors (Lipinski definition) is 1. The molecule has 1 aromatic carbocycles. The summed E-state index contributed by atoms with van der Waals surface area (Å²) in [6.07, 6.45) is 0. The zero-order valence-electron chi connectivity index (χ0n) is 11.3. The van der Waals surface area contributed by atoms with Crippen molar-refractivity contribution < 1.29 is 13.9 Å². The average Bonchev–Trinajstić information content (AvgIpc) is 2.27. The Hall–Kier alpha value is -1.13. The van der Waals surface area contributed by atoms with Crippen molar-refractivity contribution >= 4 is 0 Å². The number of nitrogens with two attached hydrogens (primary N) is 1. The van der Waals surface area contributed by atoms with Crippen molar-refractivity contribution in [1.82, 2.24) is 0 Å². The Morgan fingerprint density at radius 1 is 1.22 bits per heavy atom. The van der Waals surface area contributed by atoms with Crippen LogP contribution < -0.4 is 10.5 Å². The third-order valence-corrected chi connectivity index (χ3v) is 2.40. The van der Waals surface area contributed by atoms with Gasteiger partial charge in [-0.05, 0) is 18.9 Å². The van der Waals surface area contributed by atoms with Gasteiger partial charge >= 0.3 is 0 Å². The smallest absolute Gasteiger partial charge is 0.127 e. The Bertz CT molecular complexity index is 367. The van der Waals surface area contributed by atoms with E-state index in [2.05, 4.69) is 13.8 Å². The van der Waals surface area contributed by atoms with Gasteiger partial charge in [-0.2, -0.15) is 0 Å². The Labute approximate surface area is 108 Å². The predicted molar refractivity (Wildman–Crippen MR) is 70.2 cm³/mol. The first-order valence-corrected chi connectivity index (χ1v) is 6.26. The highest BCUT2D eigenvalue weighted by atomic mass is 19.1. The van der Waals surface area contributed by atoms with E-state index in [1.807, 2.05) is 6.92 Å². The molecule has 2 N–H and O–H groups in total. The SMILES string of the molecule is CC(C)COCCOc1cc(F)ccc1[C@H](C)N. The summed E-state index contributed by atoms with van der Waals surface area (Å²) in [6.45, 7) is 7.61. The fraction of sp³-hybridized carbons (Fsp3) is 0.571. The molecule has 0 amide bonds. The first-order valence-electron chi connectivity index (χ1n) is 6.26. The minimum absolute atomic E-state index is 0.183. The standard InChI is InChI=1S/C14H22FNO2/c1-10(2)9-17-6-7-18-14-8-12(15)4-5-13(14)11(3)16/h4-5,8,10-11H,6-7,9,16H2,1-3H3/t11-/m0/s1. The van der Waals surface area contributed by atoms with Gasteiger partial charge in [0.25, 0.3) is 0 Å². The van der Waals surface area contributed by atoms with E-state index in [1.165, 1.54) is 12.1 Å². The first kappa shape index (κ1) is 14.9. The van der Waals surface area contributed by atoms with E-state index in [9.17, 15) is 4.39 Å². The van der Waals surface area contributed by atoms with Crippen LogP contribution in [-0.4, -0.2) is 19.8 Å². The largest absolute Gasteiger partial charge is 0.491 e. The lowest BCUT2D eigenvalue weighted by atomic mass is 10.1. The van der Waals surface area contributed by atoms with Crippen LogP contribution in [0.15, 0.2) is 18.2 Å². The van der Waals surface area contributed by atoms with Crippen molar-refractivity contribution in [2.24, 2.45) is 11.7 Å². The quantitative estimate of drug-likeness (QED) is 0.762. The summed E-state index contributed by atoms with van der Waals surface area (Å²) in [7, 11) is 0. The highest BCUT2D eigenvalue weighted by Crippen LogP contribution is 2.24. The lowest BCUT2D eigenvalue weighted by Crippen LogP contribution is -2.13. The molecule has 0 radical (unpaired) electrons. The molecule has 0 aliphatic carbocycles. The Balaban J connectivity index is 2.48. The van der Waals surface area contributed by atoms with E-state index in [0.29, 0.717) is 31.5 Å². The van der Waals surface area contributed by atoms with Crippen LogP contribution in [0.1, 0.15) is 32.4 Å². The molecule has 0 fully saturated rings. The molecule has 102 valence electrons. The van der Waals surface area contributed by atoms with E-state index in [0.717, 1.165) is 5.56 Å². The molecule has 1 rings (SSSR count). The maximum Gasteiger partial charge on any atom is 0.127 e. The van der Waals surface area contributed by atoms with Gasteiger partial charge in [-0.25, -0.2) is 4.39 Å². The summed E-state index contributed by atoms with van der Waals surface area (Å²) in [5, 5.41) is 0. The minimum Gasteiger partial charge on any atom is -0.491 e. The molecule has 1 aromatic rings. The molecule has 1 atom stereocenters. The van der Waals surface area contributed by atoms with Crippen LogP contribution >= 0.6 is 0 Å². The van der Waals surface area contributed by atoms with Crippen molar-refractivity contribution in [2.45, 2.75) is 26.8 Å². The molecule has 0 aliphatic rings. The van der Waals surface area contributed by atoms with Crippen LogP contribution in [0.4, 0.5) is 4.39 Å². The molecule has 0 bridgehead atoms. The van der Waals surface area contributed by atoms with Crippen molar-refractivity contribution in [3.63, 3.8) is 0 Å². The topological polar surface area (TPSA) is 44.5 Å². The minimum atomic E-state index is -0.322. The van der Waals surface area contributed by atoms with Crippen LogP contribution in [0, 0.1) is 11.7 Å². The van der Waals surface area contributed by atoms with Crippen LogP contribution in [0.2, 0.25) is 0 Å². The summed E-state index contributed by atoms with van der Waals surface area (Å²) in [5.74, 6) is 0.675. The number of hydrogen-bond acceptors (Lipinski definition) is 3. The molecule has 0 saturated heterocycles. The fourth-order valence-corrected chi connectivity index (χ4v) is 1.54. The second kappa shape index (κ2) is 7.34.